The van der Waals surface area contributed by atoms with E-state index in [1.54, 1.807) is 23.1 Å². The maximum Gasteiger partial charge on any atom is 0.123 e. The molecular formula is C15H14FN5. The van der Waals surface area contributed by atoms with E-state index in [2.05, 4.69) is 15.3 Å². The largest absolute Gasteiger partial charge is 0.325 e. The third-order valence-electron chi connectivity index (χ3n) is 3.17. The maximum atomic E-state index is 13.3. The van der Waals surface area contributed by atoms with E-state index in [-0.39, 0.29) is 5.82 Å². The van der Waals surface area contributed by atoms with Gasteiger partial charge in [0.1, 0.15) is 11.5 Å². The third-order valence-corrected chi connectivity index (χ3v) is 3.17. The van der Waals surface area contributed by atoms with Crippen LogP contribution < -0.4 is 5.73 Å². The van der Waals surface area contributed by atoms with Crippen molar-refractivity contribution in [2.45, 2.75) is 13.1 Å². The zero-order valence-electron chi connectivity index (χ0n) is 11.3. The normalized spacial score (nSPS) is 10.8. The van der Waals surface area contributed by atoms with E-state index in [1.807, 2.05) is 18.2 Å². The molecule has 0 spiro atoms. The number of rotatable bonds is 4. The molecule has 0 aliphatic carbocycles. The van der Waals surface area contributed by atoms with Gasteiger partial charge in [0, 0.05) is 24.5 Å². The number of pyridine rings is 1. The molecule has 2 heterocycles. The minimum absolute atomic E-state index is 0.267. The fourth-order valence-corrected chi connectivity index (χ4v) is 2.23. The molecule has 0 saturated carbocycles. The van der Waals surface area contributed by atoms with E-state index in [0.29, 0.717) is 18.8 Å². The quantitative estimate of drug-likeness (QED) is 0.795. The van der Waals surface area contributed by atoms with Crippen LogP contribution in [0.15, 0.2) is 48.8 Å². The predicted molar refractivity (Wildman–Crippen MR) is 76.6 cm³/mol. The lowest BCUT2D eigenvalue weighted by molar-refractivity contribution is 0.615. The molecule has 0 bridgehead atoms. The lowest BCUT2D eigenvalue weighted by Gasteiger charge is -2.08. The monoisotopic (exact) mass is 283 g/mol. The molecule has 5 nitrogen and oxygen atoms in total. The van der Waals surface area contributed by atoms with E-state index in [9.17, 15) is 4.39 Å². The van der Waals surface area contributed by atoms with Crippen LogP contribution in [-0.2, 0) is 13.1 Å². The Balaban J connectivity index is 2.02. The standard InChI is InChI=1S/C15H14FN5/c16-13-3-1-2-11(8-13)10-21-15(14(9-17)19-20-21)12-4-6-18-7-5-12/h1-8H,9-10,17H2. The van der Waals surface area contributed by atoms with Crippen LogP contribution in [0.4, 0.5) is 4.39 Å². The maximum absolute atomic E-state index is 13.3. The van der Waals surface area contributed by atoms with Crippen molar-refractivity contribution >= 4 is 0 Å². The molecule has 21 heavy (non-hydrogen) atoms. The summed E-state index contributed by atoms with van der Waals surface area (Å²) in [5.74, 6) is -0.267. The van der Waals surface area contributed by atoms with Crippen LogP contribution in [0, 0.1) is 5.82 Å². The van der Waals surface area contributed by atoms with Gasteiger partial charge in [0.15, 0.2) is 0 Å². The SMILES string of the molecule is NCc1nnn(Cc2cccc(F)c2)c1-c1ccncc1. The second-order valence-corrected chi connectivity index (χ2v) is 4.61. The molecule has 2 N–H and O–H groups in total. The Kier molecular flexibility index (Phi) is 3.70. The van der Waals surface area contributed by atoms with Gasteiger partial charge >= 0.3 is 0 Å². The highest BCUT2D eigenvalue weighted by molar-refractivity contribution is 5.61. The summed E-state index contributed by atoms with van der Waals surface area (Å²) >= 11 is 0. The number of hydrogen-bond donors (Lipinski definition) is 1. The van der Waals surface area contributed by atoms with Crippen molar-refractivity contribution in [1.82, 2.24) is 20.0 Å². The first-order valence-corrected chi connectivity index (χ1v) is 6.55. The Morgan fingerprint density at radius 3 is 2.67 bits per heavy atom. The van der Waals surface area contributed by atoms with Gasteiger partial charge in [-0.15, -0.1) is 5.10 Å². The van der Waals surface area contributed by atoms with Crippen LogP contribution in [0.1, 0.15) is 11.3 Å². The van der Waals surface area contributed by atoms with Gasteiger partial charge in [-0.2, -0.15) is 0 Å². The molecule has 1 aromatic carbocycles. The van der Waals surface area contributed by atoms with Crippen LogP contribution in [-0.4, -0.2) is 20.0 Å². The number of benzene rings is 1. The molecule has 0 aliphatic rings. The first-order chi connectivity index (χ1) is 10.3. The molecular weight excluding hydrogens is 269 g/mol. The van der Waals surface area contributed by atoms with Gasteiger partial charge in [-0.05, 0) is 29.8 Å². The van der Waals surface area contributed by atoms with Gasteiger partial charge in [-0.1, -0.05) is 17.3 Å². The number of aromatic nitrogens is 4. The Hall–Kier alpha value is -2.60. The average Bonchev–Trinajstić information content (AvgIpc) is 2.91. The van der Waals surface area contributed by atoms with Crippen molar-refractivity contribution in [3.63, 3.8) is 0 Å². The Labute approximate surface area is 121 Å². The Bertz CT molecular complexity index is 739. The molecule has 6 heteroatoms. The van der Waals surface area contributed by atoms with Gasteiger partial charge in [0.05, 0.1) is 12.2 Å². The number of halogens is 1. The lowest BCUT2D eigenvalue weighted by atomic mass is 10.1. The van der Waals surface area contributed by atoms with E-state index in [4.69, 9.17) is 5.73 Å². The summed E-state index contributed by atoms with van der Waals surface area (Å²) in [4.78, 5) is 4.01. The molecule has 106 valence electrons. The summed E-state index contributed by atoms with van der Waals surface area (Å²) in [6.45, 7) is 0.725. The molecule has 0 radical (unpaired) electrons. The molecule has 0 aliphatic heterocycles. The average molecular weight is 283 g/mol. The molecule has 0 atom stereocenters. The van der Waals surface area contributed by atoms with Crippen LogP contribution >= 0.6 is 0 Å². The highest BCUT2D eigenvalue weighted by Crippen LogP contribution is 2.22. The second-order valence-electron chi connectivity index (χ2n) is 4.61. The van der Waals surface area contributed by atoms with Crippen molar-refractivity contribution in [1.29, 1.82) is 0 Å². The highest BCUT2D eigenvalue weighted by Gasteiger charge is 2.14. The smallest absolute Gasteiger partial charge is 0.123 e. The van der Waals surface area contributed by atoms with Crippen LogP contribution in [0.25, 0.3) is 11.3 Å². The molecule has 3 aromatic rings. The fourth-order valence-electron chi connectivity index (χ4n) is 2.23. The fraction of sp³-hybridized carbons (Fsp3) is 0.133. The van der Waals surface area contributed by atoms with Crippen LogP contribution in [0.5, 0.6) is 0 Å². The third kappa shape index (κ3) is 2.80. The summed E-state index contributed by atoms with van der Waals surface area (Å²) in [5, 5.41) is 8.24. The van der Waals surface area contributed by atoms with Crippen molar-refractivity contribution < 1.29 is 4.39 Å². The summed E-state index contributed by atoms with van der Waals surface area (Å²) in [7, 11) is 0. The summed E-state index contributed by atoms with van der Waals surface area (Å²) < 4.78 is 15.0. The summed E-state index contributed by atoms with van der Waals surface area (Å²) in [5.41, 5.74) is 9.03. The predicted octanol–water partition coefficient (Wildman–Crippen LogP) is 1.99. The summed E-state index contributed by atoms with van der Waals surface area (Å²) in [6, 6.07) is 10.2. The zero-order valence-corrected chi connectivity index (χ0v) is 11.3. The lowest BCUT2D eigenvalue weighted by Crippen LogP contribution is -2.06. The molecule has 0 unspecified atom stereocenters. The van der Waals surface area contributed by atoms with Gasteiger partial charge in [0.2, 0.25) is 0 Å². The topological polar surface area (TPSA) is 69.6 Å². The summed E-state index contributed by atoms with van der Waals surface area (Å²) in [6.07, 6.45) is 3.41. The van der Waals surface area contributed by atoms with Crippen molar-refractivity contribution in [2.75, 3.05) is 0 Å². The molecule has 3 rings (SSSR count). The van der Waals surface area contributed by atoms with E-state index in [0.717, 1.165) is 16.8 Å². The van der Waals surface area contributed by atoms with Gasteiger partial charge < -0.3 is 5.73 Å². The van der Waals surface area contributed by atoms with Crippen molar-refractivity contribution in [3.05, 3.63) is 65.9 Å². The molecule has 0 amide bonds. The second kappa shape index (κ2) is 5.80. The first-order valence-electron chi connectivity index (χ1n) is 6.55. The number of nitrogens with zero attached hydrogens (tertiary/aromatic N) is 4. The van der Waals surface area contributed by atoms with E-state index in [1.165, 1.54) is 12.1 Å². The molecule has 0 saturated heterocycles. The molecule has 0 fully saturated rings. The minimum Gasteiger partial charge on any atom is -0.325 e. The number of nitrogens with two attached hydrogens (primary N) is 1. The van der Waals surface area contributed by atoms with E-state index < -0.39 is 0 Å². The van der Waals surface area contributed by atoms with Gasteiger partial charge in [-0.25, -0.2) is 9.07 Å². The number of hydrogen-bond acceptors (Lipinski definition) is 4. The van der Waals surface area contributed by atoms with Crippen LogP contribution in [0.3, 0.4) is 0 Å². The Morgan fingerprint density at radius 1 is 1.14 bits per heavy atom. The van der Waals surface area contributed by atoms with E-state index >= 15 is 0 Å². The van der Waals surface area contributed by atoms with Gasteiger partial charge in [-0.3, -0.25) is 4.98 Å². The Morgan fingerprint density at radius 2 is 1.95 bits per heavy atom. The van der Waals surface area contributed by atoms with Crippen molar-refractivity contribution in [2.24, 2.45) is 5.73 Å². The zero-order chi connectivity index (χ0) is 14.7. The highest BCUT2D eigenvalue weighted by atomic mass is 19.1. The van der Waals surface area contributed by atoms with Crippen molar-refractivity contribution in [3.8, 4) is 11.3 Å². The molecule has 2 aromatic heterocycles. The first kappa shape index (κ1) is 13.4. The van der Waals surface area contributed by atoms with Gasteiger partial charge in [0.25, 0.3) is 0 Å². The minimum atomic E-state index is -0.267. The van der Waals surface area contributed by atoms with Crippen LogP contribution in [0.2, 0.25) is 0 Å².